The Labute approximate surface area is 141 Å². The molecule has 128 valence electrons. The van der Waals surface area contributed by atoms with Crippen LogP contribution < -0.4 is 5.56 Å². The minimum absolute atomic E-state index is 0.0416. The molecule has 1 aliphatic rings. The van der Waals surface area contributed by atoms with Gasteiger partial charge in [-0.25, -0.2) is 4.39 Å². The molecule has 0 spiro atoms. The minimum Gasteiger partial charge on any atom is -0.480 e. The van der Waals surface area contributed by atoms with E-state index in [1.54, 1.807) is 11.0 Å². The summed E-state index contributed by atoms with van der Waals surface area (Å²) in [6, 6.07) is 5.21. The topological polar surface area (TPSA) is 86.5 Å². The molecular formula is C16H16ClFN2O4. The molecule has 2 aromatic rings. The first-order chi connectivity index (χ1) is 11.4. The van der Waals surface area contributed by atoms with E-state index < -0.39 is 11.8 Å². The fourth-order valence-electron chi connectivity index (χ4n) is 3.23. The molecule has 8 heteroatoms. The average Bonchev–Trinajstić information content (AvgIpc) is 2.94. The fraction of sp³-hybridized carbons (Fsp3) is 0.375. The molecule has 6 nitrogen and oxygen atoms in total. The van der Waals surface area contributed by atoms with Crippen LogP contribution in [0, 0.1) is 5.82 Å². The number of carbonyl (C=O) groups is 1. The van der Waals surface area contributed by atoms with Crippen molar-refractivity contribution in [2.45, 2.75) is 24.8 Å². The molecule has 24 heavy (non-hydrogen) atoms. The fourth-order valence-corrected chi connectivity index (χ4v) is 3.52. The van der Waals surface area contributed by atoms with Crippen LogP contribution in [0.1, 0.15) is 36.1 Å². The zero-order valence-electron chi connectivity index (χ0n) is 12.7. The van der Waals surface area contributed by atoms with Gasteiger partial charge in [-0.1, -0.05) is 17.7 Å². The number of nitrogens with zero attached hydrogens (tertiary/aromatic N) is 1. The Hall–Kier alpha value is -2.12. The van der Waals surface area contributed by atoms with Crippen molar-refractivity contribution >= 4 is 17.6 Å². The summed E-state index contributed by atoms with van der Waals surface area (Å²) in [6.45, 7) is 0.367. The minimum atomic E-state index is -0.940. The van der Waals surface area contributed by atoms with Crippen LogP contribution in [0.3, 0.4) is 0 Å². The van der Waals surface area contributed by atoms with E-state index in [1.165, 1.54) is 18.2 Å². The molecule has 3 rings (SSSR count). The number of hydrogen-bond acceptors (Lipinski definition) is 4. The zero-order chi connectivity index (χ0) is 17.3. The summed E-state index contributed by atoms with van der Waals surface area (Å²) in [6.07, 6.45) is 1.18. The van der Waals surface area contributed by atoms with Crippen molar-refractivity contribution < 1.29 is 18.8 Å². The standard InChI is InChI=1S/C16H16ClFN2O4/c17-12-6-10(18)1-2-11(12)13-5-9(14-7-15(21)19-24-14)3-4-20(13)8-16(22)23/h1-2,6-7,9,13H,3-5,8H2,(H,19,21)(H,22,23). The second-order valence-corrected chi connectivity index (χ2v) is 6.29. The Kier molecular flexibility index (Phi) is 4.73. The van der Waals surface area contributed by atoms with Gasteiger partial charge in [0.2, 0.25) is 0 Å². The zero-order valence-corrected chi connectivity index (χ0v) is 13.4. The predicted octanol–water partition coefficient (Wildman–Crippen LogP) is 2.77. The maximum Gasteiger partial charge on any atom is 0.317 e. The highest BCUT2D eigenvalue weighted by atomic mass is 35.5. The number of carboxylic acids is 1. The van der Waals surface area contributed by atoms with E-state index in [0.717, 1.165) is 0 Å². The number of carboxylic acid groups (broad SMARTS) is 1. The van der Waals surface area contributed by atoms with Gasteiger partial charge in [0.25, 0.3) is 5.56 Å². The molecule has 0 radical (unpaired) electrons. The van der Waals surface area contributed by atoms with Crippen LogP contribution in [-0.2, 0) is 4.79 Å². The molecular weight excluding hydrogens is 339 g/mol. The van der Waals surface area contributed by atoms with E-state index in [9.17, 15) is 14.0 Å². The lowest BCUT2D eigenvalue weighted by molar-refractivity contribution is -0.139. The van der Waals surface area contributed by atoms with Crippen molar-refractivity contribution in [2.24, 2.45) is 0 Å². The first-order valence-corrected chi connectivity index (χ1v) is 7.91. The second-order valence-electron chi connectivity index (χ2n) is 5.88. The van der Waals surface area contributed by atoms with Crippen LogP contribution in [0.4, 0.5) is 4.39 Å². The van der Waals surface area contributed by atoms with Crippen LogP contribution in [-0.4, -0.2) is 34.2 Å². The van der Waals surface area contributed by atoms with Crippen molar-refractivity contribution in [1.82, 2.24) is 10.1 Å². The predicted molar refractivity (Wildman–Crippen MR) is 84.7 cm³/mol. The molecule has 0 aliphatic carbocycles. The van der Waals surface area contributed by atoms with Gasteiger partial charge in [-0.15, -0.1) is 0 Å². The molecule has 1 aromatic carbocycles. The van der Waals surface area contributed by atoms with Gasteiger partial charge in [0.1, 0.15) is 11.6 Å². The van der Waals surface area contributed by atoms with E-state index >= 15 is 0 Å². The van der Waals surface area contributed by atoms with E-state index in [1.807, 2.05) is 0 Å². The number of hydrogen-bond donors (Lipinski definition) is 2. The number of aromatic nitrogens is 1. The Balaban J connectivity index is 1.91. The smallest absolute Gasteiger partial charge is 0.317 e. The Morgan fingerprint density at radius 3 is 2.88 bits per heavy atom. The van der Waals surface area contributed by atoms with Gasteiger partial charge in [0, 0.05) is 29.6 Å². The molecule has 2 heterocycles. The maximum atomic E-state index is 13.3. The van der Waals surface area contributed by atoms with Crippen molar-refractivity contribution in [1.29, 1.82) is 0 Å². The molecule has 0 saturated carbocycles. The van der Waals surface area contributed by atoms with Gasteiger partial charge in [-0.05, 0) is 30.5 Å². The summed E-state index contributed by atoms with van der Waals surface area (Å²) in [4.78, 5) is 24.2. The van der Waals surface area contributed by atoms with Crippen molar-refractivity contribution in [3.8, 4) is 0 Å². The number of aliphatic carboxylic acids is 1. The molecule has 2 unspecified atom stereocenters. The summed E-state index contributed by atoms with van der Waals surface area (Å²) in [5, 5.41) is 11.7. The Morgan fingerprint density at radius 1 is 1.46 bits per heavy atom. The molecule has 0 amide bonds. The number of likely N-dealkylation sites (tertiary alicyclic amines) is 1. The third-order valence-corrected chi connectivity index (χ3v) is 4.65. The van der Waals surface area contributed by atoms with Gasteiger partial charge in [-0.3, -0.25) is 14.5 Å². The number of nitrogens with one attached hydrogen (secondary N) is 1. The molecule has 0 bridgehead atoms. The highest BCUT2D eigenvalue weighted by Crippen LogP contribution is 2.41. The lowest BCUT2D eigenvalue weighted by atomic mass is 9.85. The van der Waals surface area contributed by atoms with Gasteiger partial charge in [0.05, 0.1) is 6.54 Å². The number of benzene rings is 1. The molecule has 1 aliphatic heterocycles. The number of piperidine rings is 1. The largest absolute Gasteiger partial charge is 0.480 e. The van der Waals surface area contributed by atoms with Crippen LogP contribution in [0.5, 0.6) is 0 Å². The normalized spacial score (nSPS) is 21.8. The molecule has 2 atom stereocenters. The number of halogens is 2. The first-order valence-electron chi connectivity index (χ1n) is 7.53. The lowest BCUT2D eigenvalue weighted by Crippen LogP contribution is -2.39. The van der Waals surface area contributed by atoms with Crippen molar-refractivity contribution in [3.63, 3.8) is 0 Å². The number of H-pyrrole nitrogens is 1. The summed E-state index contributed by atoms with van der Waals surface area (Å²) < 4.78 is 18.5. The summed E-state index contributed by atoms with van der Waals surface area (Å²) in [5.41, 5.74) is 0.358. The van der Waals surface area contributed by atoms with Crippen molar-refractivity contribution in [2.75, 3.05) is 13.1 Å². The summed E-state index contributed by atoms with van der Waals surface area (Å²) in [7, 11) is 0. The van der Waals surface area contributed by atoms with Gasteiger partial charge < -0.3 is 9.63 Å². The van der Waals surface area contributed by atoms with E-state index in [2.05, 4.69) is 5.16 Å². The van der Waals surface area contributed by atoms with E-state index in [0.29, 0.717) is 30.7 Å². The van der Waals surface area contributed by atoms with Crippen LogP contribution in [0.15, 0.2) is 33.6 Å². The Bertz CT molecular complexity index is 803. The summed E-state index contributed by atoms with van der Waals surface area (Å²) in [5.74, 6) is -0.888. The Morgan fingerprint density at radius 2 is 2.25 bits per heavy atom. The summed E-state index contributed by atoms with van der Waals surface area (Å²) >= 11 is 6.17. The third kappa shape index (κ3) is 3.52. The molecule has 1 aromatic heterocycles. The quantitative estimate of drug-likeness (QED) is 0.881. The number of rotatable bonds is 4. The molecule has 1 saturated heterocycles. The monoisotopic (exact) mass is 354 g/mol. The van der Waals surface area contributed by atoms with E-state index in [4.69, 9.17) is 21.2 Å². The average molecular weight is 355 g/mol. The third-order valence-electron chi connectivity index (χ3n) is 4.32. The number of aromatic amines is 1. The van der Waals surface area contributed by atoms with Crippen molar-refractivity contribution in [3.05, 3.63) is 56.8 Å². The highest BCUT2D eigenvalue weighted by molar-refractivity contribution is 6.31. The SMILES string of the molecule is O=C(O)CN1CCC(c2cc(=O)[nH]o2)CC1c1ccc(F)cc1Cl. The maximum absolute atomic E-state index is 13.3. The first kappa shape index (κ1) is 16.7. The van der Waals surface area contributed by atoms with Gasteiger partial charge >= 0.3 is 5.97 Å². The van der Waals surface area contributed by atoms with Crippen LogP contribution >= 0.6 is 11.6 Å². The van der Waals surface area contributed by atoms with Crippen LogP contribution in [0.25, 0.3) is 0 Å². The van der Waals surface area contributed by atoms with Crippen LogP contribution in [0.2, 0.25) is 5.02 Å². The second kappa shape index (κ2) is 6.78. The highest BCUT2D eigenvalue weighted by Gasteiger charge is 2.34. The molecule has 2 N–H and O–H groups in total. The van der Waals surface area contributed by atoms with Gasteiger partial charge in [-0.2, -0.15) is 5.16 Å². The van der Waals surface area contributed by atoms with Gasteiger partial charge in [0.15, 0.2) is 0 Å². The lowest BCUT2D eigenvalue weighted by Gasteiger charge is -2.38. The van der Waals surface area contributed by atoms with E-state index in [-0.39, 0.29) is 29.1 Å². The molecule has 1 fully saturated rings.